The summed E-state index contributed by atoms with van der Waals surface area (Å²) < 4.78 is 0. The molecule has 0 aliphatic heterocycles. The number of aryl methyl sites for hydroxylation is 2. The normalized spacial score (nSPS) is 11.4. The van der Waals surface area contributed by atoms with Crippen molar-refractivity contribution in [2.75, 3.05) is 6.54 Å². The minimum absolute atomic E-state index is 0.126. The van der Waals surface area contributed by atoms with Gasteiger partial charge in [0, 0.05) is 5.54 Å². The van der Waals surface area contributed by atoms with Crippen molar-refractivity contribution in [3.05, 3.63) is 23.0 Å². The van der Waals surface area contributed by atoms with Gasteiger partial charge in [0.25, 0.3) is 5.91 Å². The zero-order valence-corrected chi connectivity index (χ0v) is 10.9. The number of rotatable bonds is 4. The van der Waals surface area contributed by atoms with Crippen molar-refractivity contribution in [2.24, 2.45) is 5.73 Å². The highest BCUT2D eigenvalue weighted by Gasteiger charge is 2.21. The molecule has 17 heavy (non-hydrogen) atoms. The lowest BCUT2D eigenvalue weighted by Crippen LogP contribution is -2.45. The molecule has 0 bridgehead atoms. The van der Waals surface area contributed by atoms with Gasteiger partial charge in [-0.25, -0.2) is 0 Å². The molecule has 94 valence electrons. The van der Waals surface area contributed by atoms with E-state index >= 15 is 0 Å². The van der Waals surface area contributed by atoms with Gasteiger partial charge in [-0.3, -0.25) is 4.79 Å². The third kappa shape index (κ3) is 3.78. The molecule has 1 aromatic heterocycles. The number of nitrogens with one attached hydrogen (secondary N) is 1. The van der Waals surface area contributed by atoms with Gasteiger partial charge < -0.3 is 11.1 Å². The molecule has 5 heteroatoms. The summed E-state index contributed by atoms with van der Waals surface area (Å²) >= 11 is 0. The van der Waals surface area contributed by atoms with Crippen LogP contribution in [0.15, 0.2) is 6.07 Å². The maximum absolute atomic E-state index is 12.1. The van der Waals surface area contributed by atoms with Crippen molar-refractivity contribution in [3.8, 4) is 0 Å². The van der Waals surface area contributed by atoms with Crippen LogP contribution in [-0.4, -0.2) is 28.2 Å². The summed E-state index contributed by atoms with van der Waals surface area (Å²) in [6.45, 7) is 8.04. The molecule has 1 aromatic rings. The maximum Gasteiger partial charge on any atom is 0.253 e. The monoisotopic (exact) mass is 236 g/mol. The summed E-state index contributed by atoms with van der Waals surface area (Å²) in [6.07, 6.45) is 0.731. The number of carbonyl (C=O) groups excluding carboxylic acids is 1. The number of nitrogens with two attached hydrogens (primary N) is 1. The average Bonchev–Trinajstić information content (AvgIpc) is 2.20. The van der Waals surface area contributed by atoms with Crippen LogP contribution in [-0.2, 0) is 0 Å². The van der Waals surface area contributed by atoms with Gasteiger partial charge in [0.05, 0.1) is 17.0 Å². The highest BCUT2D eigenvalue weighted by Crippen LogP contribution is 2.11. The Bertz CT molecular complexity index is 415. The van der Waals surface area contributed by atoms with Crippen molar-refractivity contribution >= 4 is 5.91 Å². The molecule has 0 fully saturated rings. The van der Waals surface area contributed by atoms with Crippen LogP contribution in [0.1, 0.15) is 42.0 Å². The van der Waals surface area contributed by atoms with E-state index in [2.05, 4.69) is 15.5 Å². The maximum atomic E-state index is 12.1. The first-order valence-corrected chi connectivity index (χ1v) is 5.69. The zero-order valence-electron chi connectivity index (χ0n) is 10.9. The molecule has 0 radical (unpaired) electrons. The summed E-state index contributed by atoms with van der Waals surface area (Å²) in [5.41, 5.74) is 7.14. The Hall–Kier alpha value is -1.49. The number of hydrogen-bond donors (Lipinski definition) is 2. The highest BCUT2D eigenvalue weighted by molar-refractivity contribution is 5.95. The first kappa shape index (κ1) is 13.6. The molecule has 3 N–H and O–H groups in total. The zero-order chi connectivity index (χ0) is 13.1. The number of hydrogen-bond acceptors (Lipinski definition) is 4. The van der Waals surface area contributed by atoms with Crippen LogP contribution < -0.4 is 11.1 Å². The molecular formula is C12H20N4O. The van der Waals surface area contributed by atoms with Crippen molar-refractivity contribution in [1.82, 2.24) is 15.5 Å². The number of amides is 1. The first-order valence-electron chi connectivity index (χ1n) is 5.69. The fraction of sp³-hybridized carbons (Fsp3) is 0.583. The second kappa shape index (κ2) is 5.23. The van der Waals surface area contributed by atoms with Gasteiger partial charge in [-0.1, -0.05) is 0 Å². The van der Waals surface area contributed by atoms with Gasteiger partial charge in [-0.15, -0.1) is 0 Å². The fourth-order valence-corrected chi connectivity index (χ4v) is 1.58. The van der Waals surface area contributed by atoms with Gasteiger partial charge in [0.1, 0.15) is 0 Å². The lowest BCUT2D eigenvalue weighted by atomic mass is 10.00. The van der Waals surface area contributed by atoms with Crippen molar-refractivity contribution in [2.45, 2.75) is 39.7 Å². The van der Waals surface area contributed by atoms with E-state index < -0.39 is 0 Å². The highest BCUT2D eigenvalue weighted by atomic mass is 16.1. The van der Waals surface area contributed by atoms with Crippen LogP contribution in [0.2, 0.25) is 0 Å². The summed E-state index contributed by atoms with van der Waals surface area (Å²) in [4.78, 5) is 12.1. The minimum Gasteiger partial charge on any atom is -0.347 e. The van der Waals surface area contributed by atoms with Gasteiger partial charge >= 0.3 is 0 Å². The molecule has 0 atom stereocenters. The molecule has 0 aliphatic rings. The fourth-order valence-electron chi connectivity index (χ4n) is 1.58. The molecule has 1 amide bonds. The Morgan fingerprint density at radius 1 is 1.41 bits per heavy atom. The van der Waals surface area contributed by atoms with E-state index in [9.17, 15) is 4.79 Å². The lowest BCUT2D eigenvalue weighted by molar-refractivity contribution is 0.0909. The Morgan fingerprint density at radius 3 is 2.65 bits per heavy atom. The smallest absolute Gasteiger partial charge is 0.253 e. The van der Waals surface area contributed by atoms with Crippen LogP contribution in [0, 0.1) is 13.8 Å². The standard InChI is InChI=1S/C12H20N4O/c1-8-7-10(9(2)16-15-8)11(17)14-12(3,4)5-6-13/h7H,5-6,13H2,1-4H3,(H,14,17). The van der Waals surface area contributed by atoms with E-state index in [-0.39, 0.29) is 11.4 Å². The van der Waals surface area contributed by atoms with Gasteiger partial charge in [0.2, 0.25) is 0 Å². The Balaban J connectivity index is 2.86. The molecule has 0 unspecified atom stereocenters. The topological polar surface area (TPSA) is 80.9 Å². The van der Waals surface area contributed by atoms with E-state index in [1.165, 1.54) is 0 Å². The number of nitrogens with zero attached hydrogens (tertiary/aromatic N) is 2. The van der Waals surface area contributed by atoms with Gasteiger partial charge in [-0.05, 0) is 46.7 Å². The predicted molar refractivity (Wildman–Crippen MR) is 66.7 cm³/mol. The third-order valence-electron chi connectivity index (χ3n) is 2.57. The third-order valence-corrected chi connectivity index (χ3v) is 2.57. The molecule has 1 heterocycles. The number of aromatic nitrogens is 2. The van der Waals surface area contributed by atoms with Crippen molar-refractivity contribution in [3.63, 3.8) is 0 Å². The summed E-state index contributed by atoms with van der Waals surface area (Å²) in [5.74, 6) is -0.126. The molecule has 0 aliphatic carbocycles. The molecular weight excluding hydrogens is 216 g/mol. The van der Waals surface area contributed by atoms with Crippen LogP contribution in [0.25, 0.3) is 0 Å². The second-order valence-electron chi connectivity index (χ2n) is 4.86. The molecule has 0 saturated heterocycles. The molecule has 0 saturated carbocycles. The summed E-state index contributed by atoms with van der Waals surface area (Å²) in [6, 6.07) is 1.75. The molecule has 1 rings (SSSR count). The quantitative estimate of drug-likeness (QED) is 0.815. The van der Waals surface area contributed by atoms with Crippen molar-refractivity contribution < 1.29 is 4.79 Å². The molecule has 0 aromatic carbocycles. The second-order valence-corrected chi connectivity index (χ2v) is 4.86. The minimum atomic E-state index is -0.310. The van der Waals surface area contributed by atoms with E-state index in [0.717, 1.165) is 12.1 Å². The van der Waals surface area contributed by atoms with Crippen LogP contribution in [0.3, 0.4) is 0 Å². The van der Waals surface area contributed by atoms with E-state index in [1.807, 2.05) is 20.8 Å². The Morgan fingerprint density at radius 2 is 2.06 bits per heavy atom. The summed E-state index contributed by atoms with van der Waals surface area (Å²) in [7, 11) is 0. The lowest BCUT2D eigenvalue weighted by Gasteiger charge is -2.25. The van der Waals surface area contributed by atoms with E-state index in [4.69, 9.17) is 5.73 Å². The predicted octanol–water partition coefficient (Wildman–Crippen LogP) is 0.951. The largest absolute Gasteiger partial charge is 0.347 e. The van der Waals surface area contributed by atoms with E-state index in [0.29, 0.717) is 17.8 Å². The summed E-state index contributed by atoms with van der Waals surface area (Å²) in [5, 5.41) is 10.8. The molecule has 0 spiro atoms. The van der Waals surface area contributed by atoms with E-state index in [1.54, 1.807) is 13.0 Å². The van der Waals surface area contributed by atoms with Crippen LogP contribution >= 0.6 is 0 Å². The first-order chi connectivity index (χ1) is 7.85. The number of carbonyl (C=O) groups is 1. The Labute approximate surface area is 102 Å². The van der Waals surface area contributed by atoms with Crippen LogP contribution in [0.4, 0.5) is 0 Å². The van der Waals surface area contributed by atoms with Gasteiger partial charge in [0.15, 0.2) is 0 Å². The SMILES string of the molecule is Cc1cc(C(=O)NC(C)(C)CCN)c(C)nn1. The van der Waals surface area contributed by atoms with Crippen LogP contribution in [0.5, 0.6) is 0 Å². The Kier molecular flexibility index (Phi) is 4.17. The van der Waals surface area contributed by atoms with Gasteiger partial charge in [-0.2, -0.15) is 10.2 Å². The van der Waals surface area contributed by atoms with Crippen molar-refractivity contribution in [1.29, 1.82) is 0 Å². The molecule has 5 nitrogen and oxygen atoms in total. The average molecular weight is 236 g/mol.